The lowest BCUT2D eigenvalue weighted by Gasteiger charge is -2.04. The Morgan fingerprint density at radius 1 is 1.67 bits per heavy atom. The van der Waals surface area contributed by atoms with Crippen LogP contribution in [0.25, 0.3) is 0 Å². The summed E-state index contributed by atoms with van der Waals surface area (Å²) < 4.78 is 14.2. The van der Waals surface area contributed by atoms with Gasteiger partial charge in [0.05, 0.1) is 6.26 Å². The third-order valence-corrected chi connectivity index (χ3v) is 2.71. The zero-order chi connectivity index (χ0) is 9.14. The maximum absolute atomic E-state index is 10.9. The lowest BCUT2D eigenvalue weighted by molar-refractivity contribution is 0.585. The van der Waals surface area contributed by atoms with Crippen molar-refractivity contribution in [3.05, 3.63) is 18.0 Å². The van der Waals surface area contributed by atoms with Gasteiger partial charge in [-0.05, 0) is 23.1 Å². The Morgan fingerprint density at radius 3 is 2.75 bits per heavy atom. The Kier molecular flexibility index (Phi) is 3.30. The molecule has 0 aliphatic heterocycles. The average Bonchev–Trinajstić information content (AvgIpc) is 2.32. The molecule has 1 N–H and O–H groups in total. The third kappa shape index (κ3) is 2.09. The van der Waals surface area contributed by atoms with Gasteiger partial charge in [0.2, 0.25) is 5.62 Å². The van der Waals surface area contributed by atoms with E-state index in [2.05, 4.69) is 0 Å². The van der Waals surface area contributed by atoms with Gasteiger partial charge >= 0.3 is 0 Å². The Labute approximate surface area is 78.4 Å². The first-order valence-corrected chi connectivity index (χ1v) is 6.23. The Bertz CT molecular complexity index is 304. The van der Waals surface area contributed by atoms with Crippen LogP contribution in [0, 0.1) is 5.41 Å². The highest BCUT2D eigenvalue weighted by Gasteiger charge is 2.02. The van der Waals surface area contributed by atoms with E-state index in [1.54, 1.807) is 27.2 Å². The lowest BCUT2D eigenvalue weighted by Crippen LogP contribution is -2.24. The summed E-state index contributed by atoms with van der Waals surface area (Å²) >= 11 is 0.558. The van der Waals surface area contributed by atoms with Gasteiger partial charge in [0, 0.05) is 18.6 Å². The van der Waals surface area contributed by atoms with Crippen LogP contribution in [0.15, 0.2) is 12.4 Å². The summed E-state index contributed by atoms with van der Waals surface area (Å²) in [5, 5.41) is 7.59. The second kappa shape index (κ2) is 4.06. The van der Waals surface area contributed by atoms with Crippen LogP contribution < -0.4 is 5.62 Å². The summed E-state index contributed by atoms with van der Waals surface area (Å²) in [5.74, 6) is 0.395. The molecule has 0 unspecified atom stereocenters. The highest BCUT2D eigenvalue weighted by Crippen LogP contribution is 1.97. The summed E-state index contributed by atoms with van der Waals surface area (Å²) in [4.78, 5) is 0. The van der Waals surface area contributed by atoms with Gasteiger partial charge in [0.1, 0.15) is 0 Å². The van der Waals surface area contributed by atoms with Crippen molar-refractivity contribution in [2.75, 3.05) is 12.5 Å². The van der Waals surface area contributed by atoms with Gasteiger partial charge in [-0.2, -0.15) is 0 Å². The van der Waals surface area contributed by atoms with Gasteiger partial charge in [0.15, 0.2) is 5.88 Å². The molecule has 1 aromatic heterocycles. The number of nitrogens with one attached hydrogen (secondary N) is 1. The SMILES string of the molecule is CSn1ccn(C[S@+](C)[O-])c1=N. The molecule has 4 nitrogen and oxygen atoms in total. The van der Waals surface area contributed by atoms with Crippen LogP contribution in [0.4, 0.5) is 0 Å². The molecular formula is C6H11N3OS2. The van der Waals surface area contributed by atoms with E-state index in [1.165, 1.54) is 11.9 Å². The normalized spacial score (nSPS) is 13.2. The predicted octanol–water partition coefficient (Wildman–Crippen LogP) is 0.231. The highest BCUT2D eigenvalue weighted by molar-refractivity contribution is 7.97. The molecular weight excluding hydrogens is 194 g/mol. The number of hydrogen-bond donors (Lipinski definition) is 1. The van der Waals surface area contributed by atoms with Crippen molar-refractivity contribution in [2.45, 2.75) is 5.88 Å². The molecule has 1 heterocycles. The van der Waals surface area contributed by atoms with E-state index in [0.717, 1.165) is 0 Å². The van der Waals surface area contributed by atoms with Crippen LogP contribution in [-0.2, 0) is 17.1 Å². The number of rotatable bonds is 3. The van der Waals surface area contributed by atoms with Gasteiger partial charge < -0.3 is 4.55 Å². The topological polar surface area (TPSA) is 56.8 Å². The van der Waals surface area contributed by atoms with E-state index < -0.39 is 11.2 Å². The molecule has 0 amide bonds. The fraction of sp³-hybridized carbons (Fsp3) is 0.500. The molecule has 1 atom stereocenters. The molecule has 0 bridgehead atoms. The second-order valence-corrected chi connectivity index (χ2v) is 4.47. The van der Waals surface area contributed by atoms with E-state index in [-0.39, 0.29) is 0 Å². The predicted molar refractivity (Wildman–Crippen MR) is 51.3 cm³/mol. The van der Waals surface area contributed by atoms with Crippen LogP contribution in [0.3, 0.4) is 0 Å². The molecule has 6 heteroatoms. The molecule has 0 spiro atoms. The average molecular weight is 205 g/mol. The second-order valence-electron chi connectivity index (χ2n) is 2.30. The molecule has 0 fully saturated rings. The first-order chi connectivity index (χ1) is 5.65. The van der Waals surface area contributed by atoms with Gasteiger partial charge in [-0.15, -0.1) is 0 Å². The maximum Gasteiger partial charge on any atom is 0.216 e. The smallest absolute Gasteiger partial charge is 0.216 e. The molecule has 0 saturated heterocycles. The third-order valence-electron chi connectivity index (χ3n) is 1.38. The number of nitrogens with zero attached hydrogens (tertiary/aromatic N) is 2. The first kappa shape index (κ1) is 9.76. The van der Waals surface area contributed by atoms with Gasteiger partial charge in [0.25, 0.3) is 0 Å². The standard InChI is InChI=1S/C6H11N3OS2/c1-11-9-4-3-8(6(9)7)5-12(2)10/h3-4,7H,5H2,1-2H3/t12-/m0/s1. The summed E-state index contributed by atoms with van der Waals surface area (Å²) in [5.41, 5.74) is 0.373. The van der Waals surface area contributed by atoms with E-state index in [4.69, 9.17) is 5.41 Å². The molecule has 0 aliphatic carbocycles. The van der Waals surface area contributed by atoms with Crippen molar-refractivity contribution >= 4 is 23.1 Å². The molecule has 0 radical (unpaired) electrons. The van der Waals surface area contributed by atoms with Crippen LogP contribution in [-0.4, -0.2) is 25.6 Å². The van der Waals surface area contributed by atoms with Crippen molar-refractivity contribution in [1.29, 1.82) is 5.41 Å². The van der Waals surface area contributed by atoms with Crippen molar-refractivity contribution in [3.8, 4) is 0 Å². The number of aromatic nitrogens is 2. The maximum atomic E-state index is 10.9. The van der Waals surface area contributed by atoms with E-state index in [1.807, 2.05) is 6.26 Å². The van der Waals surface area contributed by atoms with Gasteiger partial charge in [-0.3, -0.25) is 13.9 Å². The molecule has 68 valence electrons. The Hall–Kier alpha value is -0.330. The molecule has 1 rings (SSSR count). The van der Waals surface area contributed by atoms with Crippen molar-refractivity contribution < 1.29 is 4.55 Å². The zero-order valence-corrected chi connectivity index (χ0v) is 8.61. The zero-order valence-electron chi connectivity index (χ0n) is 6.98. The van der Waals surface area contributed by atoms with Crippen molar-refractivity contribution in [3.63, 3.8) is 0 Å². The monoisotopic (exact) mass is 205 g/mol. The molecule has 0 saturated carbocycles. The highest BCUT2D eigenvalue weighted by atomic mass is 32.2. The van der Waals surface area contributed by atoms with E-state index >= 15 is 0 Å². The minimum atomic E-state index is -0.895. The minimum Gasteiger partial charge on any atom is -0.615 e. The van der Waals surface area contributed by atoms with Crippen LogP contribution >= 0.6 is 11.9 Å². The lowest BCUT2D eigenvalue weighted by atomic mass is 10.9. The molecule has 12 heavy (non-hydrogen) atoms. The quantitative estimate of drug-likeness (QED) is 0.718. The fourth-order valence-electron chi connectivity index (χ4n) is 0.856. The summed E-state index contributed by atoms with van der Waals surface area (Å²) in [6.07, 6.45) is 7.08. The van der Waals surface area contributed by atoms with Gasteiger partial charge in [-0.1, -0.05) is 0 Å². The van der Waals surface area contributed by atoms with Crippen LogP contribution in [0.5, 0.6) is 0 Å². The molecule has 0 aliphatic rings. The summed E-state index contributed by atoms with van der Waals surface area (Å²) in [7, 11) is 0. The molecule has 0 aromatic carbocycles. The Morgan fingerprint density at radius 2 is 2.33 bits per heavy atom. The van der Waals surface area contributed by atoms with Gasteiger partial charge in [-0.25, -0.2) is 0 Å². The number of imidazole rings is 1. The van der Waals surface area contributed by atoms with E-state index in [0.29, 0.717) is 11.5 Å². The van der Waals surface area contributed by atoms with Crippen LogP contribution in [0.1, 0.15) is 0 Å². The molecule has 1 aromatic rings. The summed E-state index contributed by atoms with van der Waals surface area (Å²) in [6, 6.07) is 0. The Balaban J connectivity index is 2.88. The minimum absolute atomic E-state index is 0.373. The van der Waals surface area contributed by atoms with Crippen molar-refractivity contribution in [1.82, 2.24) is 8.54 Å². The van der Waals surface area contributed by atoms with Crippen molar-refractivity contribution in [2.24, 2.45) is 0 Å². The first-order valence-electron chi connectivity index (χ1n) is 3.32. The number of hydrogen-bond acceptors (Lipinski definition) is 3. The summed E-state index contributed by atoms with van der Waals surface area (Å²) in [6.45, 7) is 0. The van der Waals surface area contributed by atoms with E-state index in [9.17, 15) is 4.55 Å². The van der Waals surface area contributed by atoms with Crippen LogP contribution in [0.2, 0.25) is 0 Å². The largest absolute Gasteiger partial charge is 0.615 e. The fourth-order valence-corrected chi connectivity index (χ4v) is 1.91.